The molecule has 1 unspecified atom stereocenters. The predicted octanol–water partition coefficient (Wildman–Crippen LogP) is 3.72. The van der Waals surface area contributed by atoms with Gasteiger partial charge >= 0.3 is 0 Å². The number of anilines is 1. The second kappa shape index (κ2) is 11.7. The van der Waals surface area contributed by atoms with Crippen molar-refractivity contribution in [2.75, 3.05) is 44.7 Å². The number of hydrogen-bond donors (Lipinski definition) is 0. The summed E-state index contributed by atoms with van der Waals surface area (Å²) >= 11 is 0. The Balaban J connectivity index is 1.88. The van der Waals surface area contributed by atoms with Gasteiger partial charge in [-0.25, -0.2) is 8.78 Å². The second-order valence-corrected chi connectivity index (χ2v) is 8.79. The van der Waals surface area contributed by atoms with Crippen LogP contribution in [-0.4, -0.2) is 67.6 Å². The third kappa shape index (κ3) is 6.48. The van der Waals surface area contributed by atoms with E-state index >= 15 is 0 Å². The lowest BCUT2D eigenvalue weighted by molar-refractivity contribution is -0.132. The first kappa shape index (κ1) is 24.6. The first-order chi connectivity index (χ1) is 15.4. The minimum Gasteiger partial charge on any atom is -0.378 e. The van der Waals surface area contributed by atoms with Crippen molar-refractivity contribution >= 4 is 17.5 Å². The van der Waals surface area contributed by atoms with E-state index in [0.717, 1.165) is 57.5 Å². The number of nitrogens with zero attached hydrogens (tertiary/aromatic N) is 3. The minimum absolute atomic E-state index is 0.0238. The number of rotatable bonds is 4. The summed E-state index contributed by atoms with van der Waals surface area (Å²) < 4.78 is 34.1. The van der Waals surface area contributed by atoms with Crippen LogP contribution in [0.5, 0.6) is 0 Å². The first-order valence-corrected chi connectivity index (χ1v) is 11.7. The maximum Gasteiger partial charge on any atom is 0.226 e. The number of carbonyl (C=O) groups is 2. The van der Waals surface area contributed by atoms with E-state index in [1.165, 1.54) is 0 Å². The molecule has 178 valence electrons. The molecule has 0 aromatic heterocycles. The van der Waals surface area contributed by atoms with Gasteiger partial charge in [-0.3, -0.25) is 9.59 Å². The van der Waals surface area contributed by atoms with E-state index in [2.05, 4.69) is 4.90 Å². The van der Waals surface area contributed by atoms with Crippen molar-refractivity contribution in [3.63, 3.8) is 0 Å². The predicted molar refractivity (Wildman–Crippen MR) is 119 cm³/mol. The fourth-order valence-electron chi connectivity index (χ4n) is 4.48. The SMILES string of the molecule is CCC(=O)N1CCCN(C)CCCN(C(=O)CCC2CCCO2)Cc2cc(F)c(F)cc21. The summed E-state index contributed by atoms with van der Waals surface area (Å²) in [6.45, 7) is 5.19. The van der Waals surface area contributed by atoms with Gasteiger partial charge in [-0.15, -0.1) is 0 Å². The normalized spacial score (nSPS) is 21.1. The van der Waals surface area contributed by atoms with Gasteiger partial charge in [0.15, 0.2) is 11.6 Å². The molecule has 1 aromatic rings. The minimum atomic E-state index is -0.988. The van der Waals surface area contributed by atoms with Gasteiger partial charge in [0.1, 0.15) is 0 Å². The van der Waals surface area contributed by atoms with Crippen LogP contribution in [-0.2, 0) is 20.9 Å². The quantitative estimate of drug-likeness (QED) is 0.700. The lowest BCUT2D eigenvalue weighted by atomic mass is 10.1. The molecule has 0 radical (unpaired) electrons. The Morgan fingerprint density at radius 3 is 2.44 bits per heavy atom. The van der Waals surface area contributed by atoms with E-state index in [4.69, 9.17) is 4.74 Å². The van der Waals surface area contributed by atoms with Crippen molar-refractivity contribution in [2.24, 2.45) is 0 Å². The van der Waals surface area contributed by atoms with E-state index in [0.29, 0.717) is 37.2 Å². The topological polar surface area (TPSA) is 53.1 Å². The number of halogens is 2. The van der Waals surface area contributed by atoms with Gasteiger partial charge in [0.05, 0.1) is 11.8 Å². The highest BCUT2D eigenvalue weighted by Crippen LogP contribution is 2.28. The lowest BCUT2D eigenvalue weighted by Gasteiger charge is -2.31. The number of benzene rings is 1. The van der Waals surface area contributed by atoms with E-state index < -0.39 is 11.6 Å². The summed E-state index contributed by atoms with van der Waals surface area (Å²) in [6.07, 6.45) is 4.92. The molecule has 2 amide bonds. The van der Waals surface area contributed by atoms with Crippen LogP contribution in [0.25, 0.3) is 0 Å². The van der Waals surface area contributed by atoms with Crippen LogP contribution in [0.3, 0.4) is 0 Å². The highest BCUT2D eigenvalue weighted by atomic mass is 19.2. The van der Waals surface area contributed by atoms with Crippen molar-refractivity contribution in [1.29, 1.82) is 0 Å². The van der Waals surface area contributed by atoms with Crippen molar-refractivity contribution in [3.8, 4) is 0 Å². The van der Waals surface area contributed by atoms with Gasteiger partial charge in [0.25, 0.3) is 0 Å². The fourth-order valence-corrected chi connectivity index (χ4v) is 4.48. The van der Waals surface area contributed by atoms with Gasteiger partial charge in [-0.2, -0.15) is 0 Å². The van der Waals surface area contributed by atoms with E-state index in [1.54, 1.807) is 16.7 Å². The summed E-state index contributed by atoms with van der Waals surface area (Å²) in [5.74, 6) is -2.12. The molecule has 0 spiro atoms. The number of amides is 2. The zero-order valence-corrected chi connectivity index (χ0v) is 19.2. The van der Waals surface area contributed by atoms with E-state index in [9.17, 15) is 18.4 Å². The third-order valence-corrected chi connectivity index (χ3v) is 6.32. The van der Waals surface area contributed by atoms with Crippen LogP contribution < -0.4 is 4.90 Å². The number of hydrogen-bond acceptors (Lipinski definition) is 4. The molecule has 2 aliphatic heterocycles. The molecule has 0 aliphatic carbocycles. The van der Waals surface area contributed by atoms with Crippen LogP contribution >= 0.6 is 0 Å². The average molecular weight is 452 g/mol. The Kier molecular flexibility index (Phi) is 8.99. The summed E-state index contributed by atoms with van der Waals surface area (Å²) in [7, 11) is 2.02. The molecule has 32 heavy (non-hydrogen) atoms. The van der Waals surface area contributed by atoms with E-state index in [-0.39, 0.29) is 30.9 Å². The molecule has 3 rings (SSSR count). The van der Waals surface area contributed by atoms with Crippen molar-refractivity contribution < 1.29 is 23.1 Å². The first-order valence-electron chi connectivity index (χ1n) is 11.7. The second-order valence-electron chi connectivity index (χ2n) is 8.79. The van der Waals surface area contributed by atoms with Crippen LogP contribution in [0, 0.1) is 11.6 Å². The van der Waals surface area contributed by atoms with Crippen molar-refractivity contribution in [1.82, 2.24) is 9.80 Å². The summed E-state index contributed by atoms with van der Waals surface area (Å²) in [6, 6.07) is 2.24. The number of fused-ring (bicyclic) bond motifs is 1. The molecule has 1 aromatic carbocycles. The Hall–Kier alpha value is -2.06. The van der Waals surface area contributed by atoms with E-state index in [1.807, 2.05) is 7.05 Å². The molecule has 2 aliphatic rings. The Labute approximate surface area is 189 Å². The summed E-state index contributed by atoms with van der Waals surface area (Å²) in [5.41, 5.74) is 0.820. The fraction of sp³-hybridized carbons (Fsp3) is 0.667. The van der Waals surface area contributed by atoms with Gasteiger partial charge in [-0.05, 0) is 63.9 Å². The molecule has 1 saturated heterocycles. The average Bonchev–Trinajstić information content (AvgIpc) is 3.29. The van der Waals surface area contributed by atoms with Crippen LogP contribution in [0.2, 0.25) is 0 Å². The number of ether oxygens (including phenoxy) is 1. The summed E-state index contributed by atoms with van der Waals surface area (Å²) in [5, 5.41) is 0. The van der Waals surface area contributed by atoms with Gasteiger partial charge < -0.3 is 19.4 Å². The molecule has 2 heterocycles. The van der Waals surface area contributed by atoms with Crippen LogP contribution in [0.4, 0.5) is 14.5 Å². The van der Waals surface area contributed by atoms with Crippen molar-refractivity contribution in [3.05, 3.63) is 29.3 Å². The molecule has 8 heteroatoms. The maximum absolute atomic E-state index is 14.2. The Morgan fingerprint density at radius 2 is 1.75 bits per heavy atom. The van der Waals surface area contributed by atoms with Crippen LogP contribution in [0.1, 0.15) is 57.4 Å². The highest BCUT2D eigenvalue weighted by Gasteiger charge is 2.25. The standard InChI is InChI=1S/C24H35F2N3O3/c1-3-23(30)29-13-6-11-27(2)10-5-12-28(24(31)9-8-19-7-4-14-32-19)17-18-15-20(25)21(26)16-22(18)29/h15-16,19H,3-14,17H2,1-2H3. The molecule has 1 fully saturated rings. The smallest absolute Gasteiger partial charge is 0.226 e. The van der Waals surface area contributed by atoms with Gasteiger partial charge in [0.2, 0.25) is 11.8 Å². The largest absolute Gasteiger partial charge is 0.378 e. The molecule has 0 saturated carbocycles. The molecular weight excluding hydrogens is 416 g/mol. The van der Waals surface area contributed by atoms with Gasteiger partial charge in [-0.1, -0.05) is 6.92 Å². The molecular formula is C24H35F2N3O3. The summed E-state index contributed by atoms with van der Waals surface area (Å²) in [4.78, 5) is 31.2. The van der Waals surface area contributed by atoms with Crippen molar-refractivity contribution in [2.45, 2.75) is 64.5 Å². The highest BCUT2D eigenvalue weighted by molar-refractivity contribution is 5.94. The van der Waals surface area contributed by atoms with Crippen LogP contribution in [0.15, 0.2) is 12.1 Å². The molecule has 6 nitrogen and oxygen atoms in total. The zero-order chi connectivity index (χ0) is 23.1. The molecule has 0 bridgehead atoms. The maximum atomic E-state index is 14.2. The van der Waals surface area contributed by atoms with Gasteiger partial charge in [0, 0.05) is 45.1 Å². The lowest BCUT2D eigenvalue weighted by Crippen LogP contribution is -2.38. The molecule has 0 N–H and O–H groups in total. The monoisotopic (exact) mass is 451 g/mol. The Bertz CT molecular complexity index is 799. The molecule has 1 atom stereocenters. The Morgan fingerprint density at radius 1 is 1.03 bits per heavy atom. The third-order valence-electron chi connectivity index (χ3n) is 6.32. The number of carbonyl (C=O) groups excluding carboxylic acids is 2. The zero-order valence-electron chi connectivity index (χ0n) is 19.2.